The van der Waals surface area contributed by atoms with Gasteiger partial charge in [-0.2, -0.15) is 13.2 Å². The lowest BCUT2D eigenvalue weighted by molar-refractivity contribution is -0.144. The Morgan fingerprint density at radius 1 is 1.17 bits per heavy atom. The van der Waals surface area contributed by atoms with Gasteiger partial charge in [0.15, 0.2) is 0 Å². The molecule has 0 fully saturated rings. The maximum atomic E-state index is 12.4. The van der Waals surface area contributed by atoms with Crippen LogP contribution in [-0.2, 0) is 6.18 Å². The zero-order chi connectivity index (χ0) is 13.3. The number of hydrogen-bond donors (Lipinski definition) is 0. The number of benzene rings is 1. The van der Waals surface area contributed by atoms with Crippen LogP contribution in [0.1, 0.15) is 31.2 Å². The van der Waals surface area contributed by atoms with E-state index in [1.807, 2.05) is 26.0 Å². The molecule has 0 saturated heterocycles. The molecule has 18 heavy (non-hydrogen) atoms. The molecule has 0 atom stereocenters. The van der Waals surface area contributed by atoms with Crippen molar-refractivity contribution in [3.63, 3.8) is 0 Å². The van der Waals surface area contributed by atoms with E-state index in [9.17, 15) is 13.2 Å². The number of aromatic nitrogens is 3. The van der Waals surface area contributed by atoms with E-state index >= 15 is 0 Å². The fourth-order valence-corrected chi connectivity index (χ4v) is 1.69. The van der Waals surface area contributed by atoms with Gasteiger partial charge >= 0.3 is 6.18 Å². The van der Waals surface area contributed by atoms with Gasteiger partial charge in [-0.05, 0) is 17.5 Å². The Bertz CT molecular complexity index is 543. The van der Waals surface area contributed by atoms with E-state index in [2.05, 4.69) is 10.1 Å². The van der Waals surface area contributed by atoms with Crippen molar-refractivity contribution < 1.29 is 13.2 Å². The van der Waals surface area contributed by atoms with E-state index in [4.69, 9.17) is 0 Å². The standard InChI is InChI=1S/C12H12F3N3/c1-8(2)9-5-3-4-6-10(9)18-7-16-11(17-18)12(13,14)15/h3-8H,1-2H3. The topological polar surface area (TPSA) is 30.7 Å². The number of rotatable bonds is 2. The first-order chi connectivity index (χ1) is 8.39. The number of alkyl halides is 3. The van der Waals surface area contributed by atoms with Gasteiger partial charge < -0.3 is 0 Å². The first-order valence-electron chi connectivity index (χ1n) is 5.47. The number of nitrogens with zero attached hydrogens (tertiary/aromatic N) is 3. The Kier molecular flexibility index (Phi) is 3.11. The maximum Gasteiger partial charge on any atom is 0.453 e. The van der Waals surface area contributed by atoms with Crippen LogP contribution in [0.15, 0.2) is 30.6 Å². The van der Waals surface area contributed by atoms with Crippen molar-refractivity contribution >= 4 is 0 Å². The molecule has 1 aromatic heterocycles. The largest absolute Gasteiger partial charge is 0.453 e. The second-order valence-corrected chi connectivity index (χ2v) is 4.22. The van der Waals surface area contributed by atoms with Gasteiger partial charge in [-0.15, -0.1) is 5.10 Å². The molecule has 0 radical (unpaired) electrons. The smallest absolute Gasteiger partial charge is 0.220 e. The SMILES string of the molecule is CC(C)c1ccccc1-n1cnc(C(F)(F)F)n1. The van der Waals surface area contributed by atoms with Crippen molar-refractivity contribution in [2.45, 2.75) is 25.9 Å². The zero-order valence-electron chi connectivity index (χ0n) is 9.94. The molecule has 3 nitrogen and oxygen atoms in total. The van der Waals surface area contributed by atoms with Crippen LogP contribution >= 0.6 is 0 Å². The molecule has 0 amide bonds. The molecule has 96 valence electrons. The van der Waals surface area contributed by atoms with Crippen LogP contribution in [0.5, 0.6) is 0 Å². The van der Waals surface area contributed by atoms with Crippen molar-refractivity contribution in [3.8, 4) is 5.69 Å². The Balaban J connectivity index is 2.47. The van der Waals surface area contributed by atoms with Crippen LogP contribution in [-0.4, -0.2) is 14.8 Å². The average Bonchev–Trinajstić information content (AvgIpc) is 2.77. The second kappa shape index (κ2) is 4.44. The van der Waals surface area contributed by atoms with Crippen LogP contribution in [0, 0.1) is 0 Å². The minimum absolute atomic E-state index is 0.194. The van der Waals surface area contributed by atoms with E-state index < -0.39 is 12.0 Å². The number of para-hydroxylation sites is 1. The third kappa shape index (κ3) is 2.37. The van der Waals surface area contributed by atoms with Crippen LogP contribution in [0.2, 0.25) is 0 Å². The highest BCUT2D eigenvalue weighted by Gasteiger charge is 2.36. The highest BCUT2D eigenvalue weighted by molar-refractivity contribution is 5.41. The molecule has 0 saturated carbocycles. The van der Waals surface area contributed by atoms with Crippen molar-refractivity contribution in [1.82, 2.24) is 14.8 Å². The predicted octanol–water partition coefficient (Wildman–Crippen LogP) is 3.41. The summed E-state index contributed by atoms with van der Waals surface area (Å²) < 4.78 is 38.5. The molecule has 1 heterocycles. The Hall–Kier alpha value is -1.85. The third-order valence-electron chi connectivity index (χ3n) is 2.55. The molecule has 0 bridgehead atoms. The maximum absolute atomic E-state index is 12.4. The first kappa shape index (κ1) is 12.6. The van der Waals surface area contributed by atoms with Gasteiger partial charge in [0.1, 0.15) is 6.33 Å². The predicted molar refractivity (Wildman–Crippen MR) is 60.5 cm³/mol. The van der Waals surface area contributed by atoms with Gasteiger partial charge in [0.2, 0.25) is 0 Å². The molecule has 1 aromatic carbocycles. The third-order valence-corrected chi connectivity index (χ3v) is 2.55. The first-order valence-corrected chi connectivity index (χ1v) is 5.47. The molecule has 0 aliphatic heterocycles. The molecule has 0 spiro atoms. The average molecular weight is 255 g/mol. The second-order valence-electron chi connectivity index (χ2n) is 4.22. The van der Waals surface area contributed by atoms with Crippen molar-refractivity contribution in [2.75, 3.05) is 0 Å². The van der Waals surface area contributed by atoms with Crippen molar-refractivity contribution in [1.29, 1.82) is 0 Å². The summed E-state index contributed by atoms with van der Waals surface area (Å²) in [4.78, 5) is 3.29. The Morgan fingerprint density at radius 2 is 1.83 bits per heavy atom. The molecule has 0 N–H and O–H groups in total. The van der Waals surface area contributed by atoms with E-state index in [1.54, 1.807) is 12.1 Å². The number of hydrogen-bond acceptors (Lipinski definition) is 2. The molecule has 6 heteroatoms. The van der Waals surface area contributed by atoms with E-state index in [0.29, 0.717) is 5.69 Å². The summed E-state index contributed by atoms with van der Waals surface area (Å²) in [6, 6.07) is 7.20. The fourth-order valence-electron chi connectivity index (χ4n) is 1.69. The molecular formula is C12H12F3N3. The minimum Gasteiger partial charge on any atom is -0.220 e. The van der Waals surface area contributed by atoms with Gasteiger partial charge in [0.25, 0.3) is 5.82 Å². The van der Waals surface area contributed by atoms with Crippen LogP contribution in [0.25, 0.3) is 5.69 Å². The molecule has 0 aliphatic carbocycles. The summed E-state index contributed by atoms with van der Waals surface area (Å²) in [5, 5.41) is 3.48. The van der Waals surface area contributed by atoms with Gasteiger partial charge in [-0.25, -0.2) is 9.67 Å². The molecule has 0 unspecified atom stereocenters. The van der Waals surface area contributed by atoms with Crippen LogP contribution in [0.4, 0.5) is 13.2 Å². The molecule has 0 aliphatic rings. The lowest BCUT2D eigenvalue weighted by Gasteiger charge is -2.11. The minimum atomic E-state index is -4.52. The van der Waals surface area contributed by atoms with Crippen molar-refractivity contribution in [3.05, 3.63) is 42.0 Å². The Labute approximate surface area is 102 Å². The quantitative estimate of drug-likeness (QED) is 0.823. The zero-order valence-corrected chi connectivity index (χ0v) is 9.94. The monoisotopic (exact) mass is 255 g/mol. The highest BCUT2D eigenvalue weighted by atomic mass is 19.4. The van der Waals surface area contributed by atoms with Gasteiger partial charge in [-0.1, -0.05) is 32.0 Å². The molecule has 2 aromatic rings. The fraction of sp³-hybridized carbons (Fsp3) is 0.333. The normalized spacial score (nSPS) is 12.1. The van der Waals surface area contributed by atoms with E-state index in [1.165, 1.54) is 0 Å². The lowest BCUT2D eigenvalue weighted by atomic mass is 10.0. The summed E-state index contributed by atoms with van der Waals surface area (Å²) in [6.45, 7) is 3.95. The molecule has 2 rings (SSSR count). The lowest BCUT2D eigenvalue weighted by Crippen LogP contribution is -2.09. The summed E-state index contributed by atoms with van der Waals surface area (Å²) >= 11 is 0. The summed E-state index contributed by atoms with van der Waals surface area (Å²) in [5.74, 6) is -0.930. The Morgan fingerprint density at radius 3 is 2.39 bits per heavy atom. The molecular weight excluding hydrogens is 243 g/mol. The van der Waals surface area contributed by atoms with Crippen molar-refractivity contribution in [2.24, 2.45) is 0 Å². The van der Waals surface area contributed by atoms with Gasteiger partial charge in [0, 0.05) is 0 Å². The van der Waals surface area contributed by atoms with E-state index in [-0.39, 0.29) is 5.92 Å². The number of halogens is 3. The van der Waals surface area contributed by atoms with Crippen LogP contribution < -0.4 is 0 Å². The van der Waals surface area contributed by atoms with Gasteiger partial charge in [0.05, 0.1) is 5.69 Å². The van der Waals surface area contributed by atoms with Crippen LogP contribution in [0.3, 0.4) is 0 Å². The van der Waals surface area contributed by atoms with Gasteiger partial charge in [-0.3, -0.25) is 0 Å². The summed E-state index contributed by atoms with van der Waals surface area (Å²) in [7, 11) is 0. The summed E-state index contributed by atoms with van der Waals surface area (Å²) in [5.41, 5.74) is 1.55. The summed E-state index contributed by atoms with van der Waals surface area (Å²) in [6.07, 6.45) is -3.43. The van der Waals surface area contributed by atoms with E-state index in [0.717, 1.165) is 16.6 Å². The highest BCUT2D eigenvalue weighted by Crippen LogP contribution is 2.27.